The Balaban J connectivity index is 2.71. The lowest BCUT2D eigenvalue weighted by molar-refractivity contribution is 0.177. The Labute approximate surface area is 90.0 Å². The van der Waals surface area contributed by atoms with Crippen LogP contribution in [0, 0.1) is 0 Å². The highest BCUT2D eigenvalue weighted by Crippen LogP contribution is 2.15. The van der Waals surface area contributed by atoms with Crippen LogP contribution < -0.4 is 5.32 Å². The van der Waals surface area contributed by atoms with Crippen LogP contribution in [0.2, 0.25) is 0 Å². The first-order valence-electron chi connectivity index (χ1n) is 5.14. The second kappa shape index (κ2) is 5.77. The molecule has 2 unspecified atom stereocenters. The maximum Gasteiger partial charge on any atom is 0.168 e. The largest absolute Gasteiger partial charge is 0.385 e. The van der Waals surface area contributed by atoms with Gasteiger partial charge in [-0.2, -0.15) is 0 Å². The summed E-state index contributed by atoms with van der Waals surface area (Å²) in [6.45, 7) is 4.83. The van der Waals surface area contributed by atoms with E-state index in [4.69, 9.17) is 4.74 Å². The van der Waals surface area contributed by atoms with E-state index in [-0.39, 0.29) is 12.1 Å². The molecule has 1 N–H and O–H groups in total. The molecule has 0 amide bonds. The highest BCUT2D eigenvalue weighted by Gasteiger charge is 2.16. The van der Waals surface area contributed by atoms with Crippen LogP contribution in [0.1, 0.15) is 38.2 Å². The fourth-order valence-electron chi connectivity index (χ4n) is 1.34. The molecule has 2 atom stereocenters. The molecule has 0 saturated carbocycles. The fraction of sp³-hybridized carbons (Fsp3) is 0.889. The molecule has 0 fully saturated rings. The third-order valence-corrected chi connectivity index (χ3v) is 2.50. The normalized spacial score (nSPS) is 15.2. The number of aromatic nitrogens is 4. The van der Waals surface area contributed by atoms with Gasteiger partial charge in [0.05, 0.1) is 12.1 Å². The van der Waals surface area contributed by atoms with E-state index in [2.05, 4.69) is 27.8 Å². The van der Waals surface area contributed by atoms with Gasteiger partial charge in [-0.15, -0.1) is 5.10 Å². The number of hydrogen-bond acceptors (Lipinski definition) is 5. The molecule has 6 heteroatoms. The van der Waals surface area contributed by atoms with Crippen molar-refractivity contribution in [2.75, 3.05) is 20.8 Å². The summed E-state index contributed by atoms with van der Waals surface area (Å²) in [6.07, 6.45) is 0.908. The average Bonchev–Trinajstić information content (AvgIpc) is 2.73. The van der Waals surface area contributed by atoms with Gasteiger partial charge in [-0.25, -0.2) is 4.68 Å². The molecule has 86 valence electrons. The van der Waals surface area contributed by atoms with E-state index in [0.29, 0.717) is 6.61 Å². The quantitative estimate of drug-likeness (QED) is 0.747. The Kier molecular flexibility index (Phi) is 4.64. The average molecular weight is 213 g/mol. The molecule has 0 radical (unpaired) electrons. The molecule has 0 aliphatic heterocycles. The van der Waals surface area contributed by atoms with E-state index >= 15 is 0 Å². The molecule has 15 heavy (non-hydrogen) atoms. The number of rotatable bonds is 6. The molecule has 0 aliphatic carbocycles. The monoisotopic (exact) mass is 213 g/mol. The lowest BCUT2D eigenvalue weighted by atomic mass is 10.2. The molecule has 0 aliphatic rings. The van der Waals surface area contributed by atoms with Crippen molar-refractivity contribution in [2.24, 2.45) is 0 Å². The first-order chi connectivity index (χ1) is 7.20. The lowest BCUT2D eigenvalue weighted by Crippen LogP contribution is -2.21. The number of ether oxygens (including phenoxy) is 1. The van der Waals surface area contributed by atoms with Crippen LogP contribution in [-0.2, 0) is 4.74 Å². The Morgan fingerprint density at radius 1 is 1.47 bits per heavy atom. The minimum atomic E-state index is 0.157. The van der Waals surface area contributed by atoms with Crippen LogP contribution in [0.4, 0.5) is 0 Å². The van der Waals surface area contributed by atoms with Crippen molar-refractivity contribution in [3.05, 3.63) is 5.82 Å². The Morgan fingerprint density at radius 3 is 2.80 bits per heavy atom. The standard InChI is InChI=1S/C9H19N5O/c1-7(5-6-15-4)14-9(8(2)10-3)11-12-13-14/h7-8,10H,5-6H2,1-4H3. The highest BCUT2D eigenvalue weighted by atomic mass is 16.5. The van der Waals surface area contributed by atoms with Crippen LogP contribution in [0.5, 0.6) is 0 Å². The van der Waals surface area contributed by atoms with E-state index in [1.54, 1.807) is 7.11 Å². The molecule has 0 aromatic carbocycles. The van der Waals surface area contributed by atoms with Crippen molar-refractivity contribution in [2.45, 2.75) is 32.4 Å². The van der Waals surface area contributed by atoms with Gasteiger partial charge >= 0.3 is 0 Å². The zero-order valence-corrected chi connectivity index (χ0v) is 9.77. The van der Waals surface area contributed by atoms with E-state index in [1.807, 2.05) is 18.7 Å². The fourth-order valence-corrected chi connectivity index (χ4v) is 1.34. The topological polar surface area (TPSA) is 64.9 Å². The molecule has 0 bridgehead atoms. The summed E-state index contributed by atoms with van der Waals surface area (Å²) in [7, 11) is 3.59. The Bertz CT molecular complexity index is 288. The molecule has 6 nitrogen and oxygen atoms in total. The Hall–Kier alpha value is -1.01. The van der Waals surface area contributed by atoms with Gasteiger partial charge in [-0.1, -0.05) is 0 Å². The van der Waals surface area contributed by atoms with Crippen molar-refractivity contribution < 1.29 is 4.74 Å². The lowest BCUT2D eigenvalue weighted by Gasteiger charge is -2.15. The minimum absolute atomic E-state index is 0.157. The summed E-state index contributed by atoms with van der Waals surface area (Å²) >= 11 is 0. The first-order valence-corrected chi connectivity index (χ1v) is 5.14. The van der Waals surface area contributed by atoms with Gasteiger partial charge in [0.15, 0.2) is 5.82 Å². The zero-order chi connectivity index (χ0) is 11.3. The molecular weight excluding hydrogens is 194 g/mol. The molecule has 1 aromatic rings. The van der Waals surface area contributed by atoms with Gasteiger partial charge in [0.25, 0.3) is 0 Å². The van der Waals surface area contributed by atoms with Crippen molar-refractivity contribution >= 4 is 0 Å². The second-order valence-corrected chi connectivity index (χ2v) is 3.62. The summed E-state index contributed by atoms with van der Waals surface area (Å²) in [5.41, 5.74) is 0. The third kappa shape index (κ3) is 2.97. The van der Waals surface area contributed by atoms with Crippen LogP contribution in [0.15, 0.2) is 0 Å². The molecule has 1 aromatic heterocycles. The first kappa shape index (κ1) is 12.1. The number of nitrogens with zero attached hydrogens (tertiary/aromatic N) is 4. The predicted molar refractivity (Wildman–Crippen MR) is 56.5 cm³/mol. The smallest absolute Gasteiger partial charge is 0.168 e. The van der Waals surface area contributed by atoms with Crippen molar-refractivity contribution in [3.8, 4) is 0 Å². The molecule has 1 rings (SSSR count). The third-order valence-electron chi connectivity index (χ3n) is 2.50. The molecule has 0 spiro atoms. The molecule has 1 heterocycles. The maximum absolute atomic E-state index is 5.04. The Morgan fingerprint density at radius 2 is 2.20 bits per heavy atom. The minimum Gasteiger partial charge on any atom is -0.385 e. The van der Waals surface area contributed by atoms with Gasteiger partial charge in [-0.05, 0) is 37.7 Å². The van der Waals surface area contributed by atoms with Crippen molar-refractivity contribution in [1.82, 2.24) is 25.5 Å². The van der Waals surface area contributed by atoms with Crippen LogP contribution in [-0.4, -0.2) is 41.0 Å². The van der Waals surface area contributed by atoms with E-state index < -0.39 is 0 Å². The SMILES string of the molecule is CNC(C)c1nnnn1C(C)CCOC. The summed E-state index contributed by atoms with van der Waals surface area (Å²) in [4.78, 5) is 0. The van der Waals surface area contributed by atoms with Gasteiger partial charge in [0.1, 0.15) is 0 Å². The van der Waals surface area contributed by atoms with Crippen LogP contribution >= 0.6 is 0 Å². The van der Waals surface area contributed by atoms with Crippen LogP contribution in [0.25, 0.3) is 0 Å². The van der Waals surface area contributed by atoms with E-state index in [0.717, 1.165) is 12.2 Å². The molecular formula is C9H19N5O. The summed E-state index contributed by atoms with van der Waals surface area (Å²) < 4.78 is 6.89. The number of nitrogens with one attached hydrogen (secondary N) is 1. The summed E-state index contributed by atoms with van der Waals surface area (Å²) in [6, 6.07) is 0.413. The van der Waals surface area contributed by atoms with Gasteiger partial charge < -0.3 is 10.1 Å². The zero-order valence-electron chi connectivity index (χ0n) is 9.77. The van der Waals surface area contributed by atoms with E-state index in [9.17, 15) is 0 Å². The maximum atomic E-state index is 5.04. The van der Waals surface area contributed by atoms with Crippen LogP contribution in [0.3, 0.4) is 0 Å². The van der Waals surface area contributed by atoms with Gasteiger partial charge in [0.2, 0.25) is 0 Å². The molecule has 0 saturated heterocycles. The number of hydrogen-bond donors (Lipinski definition) is 1. The predicted octanol–water partition coefficient (Wildman–Crippen LogP) is 0.551. The van der Waals surface area contributed by atoms with Gasteiger partial charge in [0, 0.05) is 13.7 Å². The van der Waals surface area contributed by atoms with E-state index in [1.165, 1.54) is 0 Å². The van der Waals surface area contributed by atoms with Crippen molar-refractivity contribution in [1.29, 1.82) is 0 Å². The van der Waals surface area contributed by atoms with Crippen molar-refractivity contribution in [3.63, 3.8) is 0 Å². The summed E-state index contributed by atoms with van der Waals surface area (Å²) in [5.74, 6) is 0.862. The number of methoxy groups -OCH3 is 1. The number of tetrazole rings is 1. The highest BCUT2D eigenvalue weighted by molar-refractivity contribution is 4.90. The van der Waals surface area contributed by atoms with Gasteiger partial charge in [-0.3, -0.25) is 0 Å². The second-order valence-electron chi connectivity index (χ2n) is 3.62. The summed E-state index contributed by atoms with van der Waals surface area (Å²) in [5, 5.41) is 14.8.